The first-order chi connectivity index (χ1) is 14.4. The Labute approximate surface area is 174 Å². The summed E-state index contributed by atoms with van der Waals surface area (Å²) in [6, 6.07) is 11.3. The molecule has 0 N–H and O–H groups in total. The average Bonchev–Trinajstić information content (AvgIpc) is 3.30. The number of ketones is 1. The van der Waals surface area contributed by atoms with Crippen LogP contribution in [0.1, 0.15) is 30.1 Å². The van der Waals surface area contributed by atoms with Crippen molar-refractivity contribution in [3.8, 4) is 11.7 Å². The molecule has 3 heterocycles. The molecule has 1 aliphatic heterocycles. The zero-order valence-corrected chi connectivity index (χ0v) is 17.2. The monoisotopic (exact) mass is 427 g/mol. The number of carbonyl (C=O) groups excluding carboxylic acids is 1. The third-order valence-electron chi connectivity index (χ3n) is 4.95. The number of ether oxygens (including phenoxy) is 1. The van der Waals surface area contributed by atoms with E-state index in [2.05, 4.69) is 15.3 Å². The second-order valence-electron chi connectivity index (χ2n) is 6.98. The third-order valence-corrected chi connectivity index (χ3v) is 6.86. The Morgan fingerprint density at radius 2 is 1.80 bits per heavy atom. The van der Waals surface area contributed by atoms with Gasteiger partial charge in [-0.1, -0.05) is 12.1 Å². The van der Waals surface area contributed by atoms with Gasteiger partial charge in [0.25, 0.3) is 0 Å². The zero-order valence-electron chi connectivity index (χ0n) is 16.4. The summed E-state index contributed by atoms with van der Waals surface area (Å²) in [5, 5.41) is 12.3. The van der Waals surface area contributed by atoms with Crippen molar-refractivity contribution in [2.45, 2.75) is 30.8 Å². The highest BCUT2D eigenvalue weighted by Gasteiger charge is 2.30. The number of Topliss-reactive ketones (excluding diaryl/α,β-unsaturated/α-hetero) is 1. The van der Waals surface area contributed by atoms with Crippen LogP contribution < -0.4 is 4.74 Å². The number of carbonyl (C=O) groups is 1. The number of hydrogen-bond acceptors (Lipinski definition) is 7. The summed E-state index contributed by atoms with van der Waals surface area (Å²) in [6.45, 7) is 2.14. The zero-order chi connectivity index (χ0) is 21.1. The Balaban J connectivity index is 1.35. The van der Waals surface area contributed by atoms with Crippen molar-refractivity contribution in [2.24, 2.45) is 0 Å². The smallest absolute Gasteiger partial charge is 0.243 e. The molecule has 0 radical (unpaired) electrons. The van der Waals surface area contributed by atoms with Gasteiger partial charge < -0.3 is 4.74 Å². The number of rotatable bonds is 6. The highest BCUT2D eigenvalue weighted by molar-refractivity contribution is 7.89. The van der Waals surface area contributed by atoms with E-state index in [1.807, 2.05) is 0 Å². The predicted octanol–water partition coefficient (Wildman–Crippen LogP) is 2.10. The highest BCUT2D eigenvalue weighted by Crippen LogP contribution is 2.23. The number of benzene rings is 1. The first-order valence-electron chi connectivity index (χ1n) is 9.55. The number of piperidine rings is 1. The normalized spacial score (nSPS) is 15.8. The van der Waals surface area contributed by atoms with Gasteiger partial charge in [0.05, 0.1) is 4.90 Å². The molecule has 10 heteroatoms. The Bertz CT molecular complexity index is 1110. The summed E-state index contributed by atoms with van der Waals surface area (Å²) in [6.07, 6.45) is 4.39. The van der Waals surface area contributed by atoms with Crippen molar-refractivity contribution < 1.29 is 17.9 Å². The van der Waals surface area contributed by atoms with Crippen LogP contribution in [0.4, 0.5) is 0 Å². The average molecular weight is 427 g/mol. The molecule has 9 nitrogen and oxygen atoms in total. The van der Waals surface area contributed by atoms with Crippen LogP contribution in [-0.4, -0.2) is 57.7 Å². The van der Waals surface area contributed by atoms with Crippen LogP contribution in [0.15, 0.2) is 59.8 Å². The maximum atomic E-state index is 12.9. The lowest BCUT2D eigenvalue weighted by Crippen LogP contribution is -2.41. The topological polar surface area (TPSA) is 107 Å². The predicted molar refractivity (Wildman–Crippen MR) is 108 cm³/mol. The second-order valence-corrected chi connectivity index (χ2v) is 8.92. The molecule has 0 spiro atoms. The Hall–Kier alpha value is -3.11. The summed E-state index contributed by atoms with van der Waals surface area (Å²) in [7, 11) is -3.60. The van der Waals surface area contributed by atoms with E-state index < -0.39 is 10.0 Å². The minimum atomic E-state index is -3.60. The molecule has 2 aromatic heterocycles. The van der Waals surface area contributed by atoms with Crippen LogP contribution in [0.25, 0.3) is 5.82 Å². The summed E-state index contributed by atoms with van der Waals surface area (Å²) >= 11 is 0. The molecule has 3 aromatic rings. The first kappa shape index (κ1) is 20.2. The molecule has 1 aromatic carbocycles. The molecule has 0 amide bonds. The largest absolute Gasteiger partial charge is 0.473 e. The van der Waals surface area contributed by atoms with E-state index >= 15 is 0 Å². The summed E-state index contributed by atoms with van der Waals surface area (Å²) < 4.78 is 34.6. The number of nitrogens with zero attached hydrogens (tertiary/aromatic N) is 5. The van der Waals surface area contributed by atoms with Crippen LogP contribution in [0, 0.1) is 0 Å². The van der Waals surface area contributed by atoms with Gasteiger partial charge in [-0.25, -0.2) is 13.1 Å². The molecule has 1 aliphatic rings. The van der Waals surface area contributed by atoms with Gasteiger partial charge in [-0.3, -0.25) is 4.79 Å². The van der Waals surface area contributed by atoms with Crippen LogP contribution in [0.2, 0.25) is 0 Å². The summed E-state index contributed by atoms with van der Waals surface area (Å²) in [4.78, 5) is 11.6. The molecule has 0 unspecified atom stereocenters. The van der Waals surface area contributed by atoms with Gasteiger partial charge in [0.15, 0.2) is 11.6 Å². The molecule has 1 saturated heterocycles. The Morgan fingerprint density at radius 3 is 2.37 bits per heavy atom. The summed E-state index contributed by atoms with van der Waals surface area (Å²) in [5.41, 5.74) is 0.487. The molecule has 0 saturated carbocycles. The van der Waals surface area contributed by atoms with E-state index in [-0.39, 0.29) is 16.8 Å². The van der Waals surface area contributed by atoms with Gasteiger partial charge in [0.1, 0.15) is 6.10 Å². The lowest BCUT2D eigenvalue weighted by Gasteiger charge is -2.31. The molecule has 30 heavy (non-hydrogen) atoms. The molecular formula is C20H21N5O4S. The molecule has 0 bridgehead atoms. The maximum absolute atomic E-state index is 12.9. The van der Waals surface area contributed by atoms with Crippen molar-refractivity contribution in [3.05, 3.63) is 60.4 Å². The van der Waals surface area contributed by atoms with E-state index in [0.29, 0.717) is 43.2 Å². The lowest BCUT2D eigenvalue weighted by molar-refractivity contribution is 0.101. The van der Waals surface area contributed by atoms with E-state index in [4.69, 9.17) is 4.74 Å². The van der Waals surface area contributed by atoms with Gasteiger partial charge >= 0.3 is 0 Å². The molecule has 4 rings (SSSR count). The van der Waals surface area contributed by atoms with Gasteiger partial charge in [-0.05, 0) is 44.0 Å². The SMILES string of the molecule is CC(=O)c1ccc(S(=O)(=O)N2CCC(Oc3ccc(-n4cccn4)nn3)CC2)cc1. The molecule has 0 aliphatic carbocycles. The van der Waals surface area contributed by atoms with Crippen LogP contribution in [0.5, 0.6) is 5.88 Å². The van der Waals surface area contributed by atoms with Crippen LogP contribution in [-0.2, 0) is 10.0 Å². The highest BCUT2D eigenvalue weighted by atomic mass is 32.2. The fourth-order valence-electron chi connectivity index (χ4n) is 3.27. The minimum Gasteiger partial charge on any atom is -0.473 e. The van der Waals surface area contributed by atoms with Crippen LogP contribution in [0.3, 0.4) is 0 Å². The van der Waals surface area contributed by atoms with Gasteiger partial charge in [-0.15, -0.1) is 10.2 Å². The van der Waals surface area contributed by atoms with Crippen LogP contribution >= 0.6 is 0 Å². The maximum Gasteiger partial charge on any atom is 0.243 e. The quantitative estimate of drug-likeness (QED) is 0.554. The van der Waals surface area contributed by atoms with Gasteiger partial charge in [0.2, 0.25) is 15.9 Å². The van der Waals surface area contributed by atoms with E-state index in [1.165, 1.54) is 35.5 Å². The van der Waals surface area contributed by atoms with Crippen molar-refractivity contribution in [1.29, 1.82) is 0 Å². The van der Waals surface area contributed by atoms with Gasteiger partial charge in [-0.2, -0.15) is 9.40 Å². The second kappa shape index (κ2) is 8.33. The number of hydrogen-bond donors (Lipinski definition) is 0. The van der Waals surface area contributed by atoms with E-state index in [9.17, 15) is 13.2 Å². The fourth-order valence-corrected chi connectivity index (χ4v) is 4.74. The van der Waals surface area contributed by atoms with Gasteiger partial charge in [0, 0.05) is 37.1 Å². The first-order valence-corrected chi connectivity index (χ1v) is 11.0. The minimum absolute atomic E-state index is 0.0994. The standard InChI is InChI=1S/C20H21N5O4S/c1-15(26)16-3-5-18(6-4-16)30(27,28)24-13-9-17(10-14-24)29-20-8-7-19(22-23-20)25-12-2-11-21-25/h2-8,11-12,17H,9-10,13-14H2,1H3. The fraction of sp³-hybridized carbons (Fsp3) is 0.300. The number of sulfonamides is 1. The third kappa shape index (κ3) is 4.24. The molecule has 156 valence electrons. The Morgan fingerprint density at radius 1 is 1.07 bits per heavy atom. The summed E-state index contributed by atoms with van der Waals surface area (Å²) in [5.74, 6) is 0.883. The van der Waals surface area contributed by atoms with E-state index in [1.54, 1.807) is 35.3 Å². The lowest BCUT2D eigenvalue weighted by atomic mass is 10.1. The van der Waals surface area contributed by atoms with Crippen molar-refractivity contribution in [3.63, 3.8) is 0 Å². The Kier molecular flexibility index (Phi) is 5.60. The molecular weight excluding hydrogens is 406 g/mol. The number of aromatic nitrogens is 4. The van der Waals surface area contributed by atoms with E-state index in [0.717, 1.165) is 0 Å². The molecule has 0 atom stereocenters. The molecule has 1 fully saturated rings. The van der Waals surface area contributed by atoms with Crippen molar-refractivity contribution >= 4 is 15.8 Å². The van der Waals surface area contributed by atoms with Crippen molar-refractivity contribution in [1.82, 2.24) is 24.3 Å². The van der Waals surface area contributed by atoms with Crippen molar-refractivity contribution in [2.75, 3.05) is 13.1 Å².